The molecule has 23 heavy (non-hydrogen) atoms. The standard InChI is InChI=1S/C18H22N2OS2/c1-18(2,3)23-13-17(21)20-15-6-8-16(9-7-15)22-12-14-5-4-10-19-11-14/h4-11H,12-13H2,1-3H3,(H,20,21). The van der Waals surface area contributed by atoms with E-state index in [1.165, 1.54) is 10.5 Å². The van der Waals surface area contributed by atoms with Gasteiger partial charge in [-0.2, -0.15) is 0 Å². The maximum Gasteiger partial charge on any atom is 0.234 e. The van der Waals surface area contributed by atoms with E-state index in [9.17, 15) is 4.79 Å². The van der Waals surface area contributed by atoms with Crippen LogP contribution in [0.1, 0.15) is 26.3 Å². The minimum atomic E-state index is 0.0423. The molecule has 2 aromatic rings. The number of amides is 1. The fourth-order valence-corrected chi connectivity index (χ4v) is 3.23. The first-order valence-electron chi connectivity index (χ1n) is 7.48. The number of nitrogens with zero attached hydrogens (tertiary/aromatic N) is 1. The second-order valence-electron chi connectivity index (χ2n) is 6.12. The molecule has 1 N–H and O–H groups in total. The van der Waals surface area contributed by atoms with Crippen LogP contribution in [0.15, 0.2) is 53.7 Å². The average Bonchev–Trinajstić information content (AvgIpc) is 2.53. The molecule has 122 valence electrons. The predicted molar refractivity (Wildman–Crippen MR) is 101 cm³/mol. The lowest BCUT2D eigenvalue weighted by Crippen LogP contribution is -2.18. The van der Waals surface area contributed by atoms with Gasteiger partial charge < -0.3 is 5.32 Å². The summed E-state index contributed by atoms with van der Waals surface area (Å²) in [6.45, 7) is 6.33. The minimum absolute atomic E-state index is 0.0423. The van der Waals surface area contributed by atoms with Gasteiger partial charge in [0.2, 0.25) is 5.91 Å². The normalized spacial score (nSPS) is 11.3. The zero-order chi connectivity index (χ0) is 16.7. The van der Waals surface area contributed by atoms with Crippen molar-refractivity contribution in [3.63, 3.8) is 0 Å². The highest BCUT2D eigenvalue weighted by molar-refractivity contribution is 8.01. The molecular formula is C18H22N2OS2. The molecule has 0 spiro atoms. The van der Waals surface area contributed by atoms with Crippen LogP contribution in [0, 0.1) is 0 Å². The number of pyridine rings is 1. The summed E-state index contributed by atoms with van der Waals surface area (Å²) in [5.41, 5.74) is 2.05. The van der Waals surface area contributed by atoms with Crippen LogP contribution in [-0.2, 0) is 10.5 Å². The van der Waals surface area contributed by atoms with Gasteiger partial charge in [-0.05, 0) is 35.9 Å². The summed E-state index contributed by atoms with van der Waals surface area (Å²) in [6.07, 6.45) is 3.66. The number of hydrogen-bond donors (Lipinski definition) is 1. The average molecular weight is 347 g/mol. The van der Waals surface area contributed by atoms with Crippen LogP contribution in [0.2, 0.25) is 0 Å². The van der Waals surface area contributed by atoms with Gasteiger partial charge in [0.05, 0.1) is 5.75 Å². The van der Waals surface area contributed by atoms with E-state index in [0.717, 1.165) is 11.4 Å². The number of nitrogens with one attached hydrogen (secondary N) is 1. The monoisotopic (exact) mass is 346 g/mol. The molecule has 3 nitrogen and oxygen atoms in total. The molecular weight excluding hydrogens is 324 g/mol. The molecule has 1 amide bonds. The fraction of sp³-hybridized carbons (Fsp3) is 0.333. The number of hydrogen-bond acceptors (Lipinski definition) is 4. The minimum Gasteiger partial charge on any atom is -0.325 e. The van der Waals surface area contributed by atoms with Gasteiger partial charge in [-0.3, -0.25) is 9.78 Å². The van der Waals surface area contributed by atoms with Crippen molar-refractivity contribution >= 4 is 35.1 Å². The molecule has 0 aliphatic carbocycles. The molecule has 0 saturated carbocycles. The van der Waals surface area contributed by atoms with E-state index in [2.05, 4.69) is 37.1 Å². The summed E-state index contributed by atoms with van der Waals surface area (Å²) < 4.78 is 0.101. The lowest BCUT2D eigenvalue weighted by atomic mass is 10.3. The Morgan fingerprint density at radius 2 is 1.91 bits per heavy atom. The Labute approximate surface area is 146 Å². The van der Waals surface area contributed by atoms with Crippen LogP contribution >= 0.6 is 23.5 Å². The van der Waals surface area contributed by atoms with Crippen LogP contribution in [0.5, 0.6) is 0 Å². The van der Waals surface area contributed by atoms with E-state index in [0.29, 0.717) is 5.75 Å². The van der Waals surface area contributed by atoms with Gasteiger partial charge in [-0.25, -0.2) is 0 Å². The van der Waals surface area contributed by atoms with E-state index in [1.54, 1.807) is 29.7 Å². The Morgan fingerprint density at radius 1 is 1.17 bits per heavy atom. The lowest BCUT2D eigenvalue weighted by molar-refractivity contribution is -0.113. The van der Waals surface area contributed by atoms with Gasteiger partial charge in [0.25, 0.3) is 0 Å². The van der Waals surface area contributed by atoms with Crippen molar-refractivity contribution in [1.29, 1.82) is 0 Å². The van der Waals surface area contributed by atoms with Gasteiger partial charge in [0, 0.05) is 33.5 Å². The van der Waals surface area contributed by atoms with Crippen molar-refractivity contribution in [2.45, 2.75) is 36.2 Å². The molecule has 2 rings (SSSR count). The van der Waals surface area contributed by atoms with Gasteiger partial charge in [-0.15, -0.1) is 23.5 Å². The summed E-state index contributed by atoms with van der Waals surface area (Å²) in [7, 11) is 0. The molecule has 1 aromatic heterocycles. The first-order valence-corrected chi connectivity index (χ1v) is 9.45. The summed E-state index contributed by atoms with van der Waals surface area (Å²) in [5.74, 6) is 1.41. The van der Waals surface area contributed by atoms with Gasteiger partial charge >= 0.3 is 0 Å². The van der Waals surface area contributed by atoms with E-state index < -0.39 is 0 Å². The number of carbonyl (C=O) groups excluding carboxylic acids is 1. The molecule has 0 unspecified atom stereocenters. The molecule has 0 radical (unpaired) electrons. The quantitative estimate of drug-likeness (QED) is 0.760. The highest BCUT2D eigenvalue weighted by atomic mass is 32.2. The second kappa shape index (κ2) is 8.41. The van der Waals surface area contributed by atoms with Crippen molar-refractivity contribution in [1.82, 2.24) is 4.98 Å². The number of carbonyl (C=O) groups is 1. The second-order valence-corrected chi connectivity index (χ2v) is 8.97. The van der Waals surface area contributed by atoms with Crippen LogP contribution < -0.4 is 5.32 Å². The summed E-state index contributed by atoms with van der Waals surface area (Å²) >= 11 is 3.41. The lowest BCUT2D eigenvalue weighted by Gasteiger charge is -2.17. The Hall–Kier alpha value is -1.46. The molecule has 0 atom stereocenters. The van der Waals surface area contributed by atoms with E-state index in [4.69, 9.17) is 0 Å². The van der Waals surface area contributed by atoms with Gasteiger partial charge in [-0.1, -0.05) is 26.8 Å². The molecule has 0 aliphatic heterocycles. The third-order valence-corrected chi connectivity index (χ3v) is 5.26. The smallest absolute Gasteiger partial charge is 0.234 e. The summed E-state index contributed by atoms with van der Waals surface area (Å²) in [4.78, 5) is 17.2. The number of rotatable bonds is 6. The van der Waals surface area contributed by atoms with Crippen molar-refractivity contribution < 1.29 is 4.79 Å². The van der Waals surface area contributed by atoms with Crippen LogP contribution in [0.25, 0.3) is 0 Å². The molecule has 1 aromatic carbocycles. The van der Waals surface area contributed by atoms with E-state index in [-0.39, 0.29) is 10.7 Å². The molecule has 0 fully saturated rings. The van der Waals surface area contributed by atoms with Crippen molar-refractivity contribution in [2.24, 2.45) is 0 Å². The molecule has 0 bridgehead atoms. The zero-order valence-electron chi connectivity index (χ0n) is 13.7. The largest absolute Gasteiger partial charge is 0.325 e. The molecule has 1 heterocycles. The topological polar surface area (TPSA) is 42.0 Å². The summed E-state index contributed by atoms with van der Waals surface area (Å²) in [6, 6.07) is 12.0. The third kappa shape index (κ3) is 7.10. The van der Waals surface area contributed by atoms with Crippen LogP contribution in [0.3, 0.4) is 0 Å². The van der Waals surface area contributed by atoms with Crippen molar-refractivity contribution in [3.05, 3.63) is 54.4 Å². The predicted octanol–water partition coefficient (Wildman–Crippen LogP) is 4.84. The molecule has 0 saturated heterocycles. The summed E-state index contributed by atoms with van der Waals surface area (Å²) in [5, 5.41) is 2.94. The van der Waals surface area contributed by atoms with Crippen LogP contribution in [0.4, 0.5) is 5.69 Å². The van der Waals surface area contributed by atoms with E-state index >= 15 is 0 Å². The Bertz CT molecular complexity index is 622. The zero-order valence-corrected chi connectivity index (χ0v) is 15.3. The third-order valence-electron chi connectivity index (χ3n) is 2.90. The van der Waals surface area contributed by atoms with Crippen molar-refractivity contribution in [2.75, 3.05) is 11.1 Å². The highest BCUT2D eigenvalue weighted by Crippen LogP contribution is 2.25. The number of thioether (sulfide) groups is 2. The fourth-order valence-electron chi connectivity index (χ4n) is 1.76. The number of aromatic nitrogens is 1. The van der Waals surface area contributed by atoms with Crippen molar-refractivity contribution in [3.8, 4) is 0 Å². The molecule has 0 aliphatic rings. The Balaban J connectivity index is 1.81. The first kappa shape index (κ1) is 17.9. The molecule has 5 heteroatoms. The van der Waals surface area contributed by atoms with Crippen LogP contribution in [-0.4, -0.2) is 21.4 Å². The van der Waals surface area contributed by atoms with E-state index in [1.807, 2.05) is 36.5 Å². The number of anilines is 1. The SMILES string of the molecule is CC(C)(C)SCC(=O)Nc1ccc(SCc2cccnc2)cc1. The highest BCUT2D eigenvalue weighted by Gasteiger charge is 2.13. The van der Waals surface area contributed by atoms with Gasteiger partial charge in [0.15, 0.2) is 0 Å². The Morgan fingerprint density at radius 3 is 2.52 bits per heavy atom. The van der Waals surface area contributed by atoms with Gasteiger partial charge in [0.1, 0.15) is 0 Å². The Kier molecular flexibility index (Phi) is 6.54. The first-order chi connectivity index (χ1) is 10.9. The maximum absolute atomic E-state index is 11.9. The maximum atomic E-state index is 11.9. The number of benzene rings is 1.